The minimum Gasteiger partial charge on any atom is -0.469 e. The quantitative estimate of drug-likeness (QED) is 0.328. The Labute approximate surface area is 118 Å². The van der Waals surface area contributed by atoms with E-state index in [0.717, 1.165) is 0 Å². The van der Waals surface area contributed by atoms with E-state index in [0.29, 0.717) is 25.5 Å². The van der Waals surface area contributed by atoms with Gasteiger partial charge in [-0.1, -0.05) is 18.2 Å². The zero-order valence-corrected chi connectivity index (χ0v) is 11.5. The number of hydrogen-bond acceptors (Lipinski definition) is 5. The summed E-state index contributed by atoms with van der Waals surface area (Å²) in [4.78, 5) is 33.0. The molecule has 20 heavy (non-hydrogen) atoms. The number of aliphatic hydroxyl groups excluding tert-OH is 1. The van der Waals surface area contributed by atoms with Gasteiger partial charge in [0.25, 0.3) is 0 Å². The summed E-state index contributed by atoms with van der Waals surface area (Å²) < 4.78 is 4.52. The summed E-state index contributed by atoms with van der Waals surface area (Å²) in [7, 11) is 1.34. The van der Waals surface area contributed by atoms with Gasteiger partial charge in [0.2, 0.25) is 0 Å². The molecule has 0 radical (unpaired) electrons. The molecule has 1 fully saturated rings. The minimum atomic E-state index is -0.716. The molecule has 1 N–H and O–H groups in total. The number of esters is 1. The smallest absolute Gasteiger partial charge is 0.305 e. The Hall–Kier alpha value is -1.75. The highest BCUT2D eigenvalue weighted by atomic mass is 16.5. The number of Topliss-reactive ketones (excluding diaryl/α,β-unsaturated/α-hetero) is 1. The van der Waals surface area contributed by atoms with Crippen molar-refractivity contribution in [3.05, 3.63) is 24.3 Å². The average molecular weight is 280 g/mol. The van der Waals surface area contributed by atoms with Crippen molar-refractivity contribution >= 4 is 18.0 Å². The molecule has 1 aliphatic rings. The molecule has 5 nitrogen and oxygen atoms in total. The number of aliphatic hydroxyl groups is 1. The second kappa shape index (κ2) is 8.43. The number of ketones is 1. The van der Waals surface area contributed by atoms with Gasteiger partial charge in [0, 0.05) is 24.7 Å². The molecule has 0 bridgehead atoms. The van der Waals surface area contributed by atoms with E-state index in [9.17, 15) is 19.5 Å². The molecule has 0 aromatic carbocycles. The molecule has 0 amide bonds. The molecule has 0 aromatic heterocycles. The second-order valence-corrected chi connectivity index (χ2v) is 4.76. The van der Waals surface area contributed by atoms with Gasteiger partial charge in [-0.15, -0.1) is 0 Å². The van der Waals surface area contributed by atoms with Crippen molar-refractivity contribution in [2.75, 3.05) is 7.11 Å². The van der Waals surface area contributed by atoms with Gasteiger partial charge >= 0.3 is 5.97 Å². The van der Waals surface area contributed by atoms with Crippen molar-refractivity contribution in [3.8, 4) is 0 Å². The Balaban J connectivity index is 2.49. The molecule has 0 spiro atoms. The fourth-order valence-electron chi connectivity index (χ4n) is 2.36. The Morgan fingerprint density at radius 3 is 2.85 bits per heavy atom. The number of allylic oxidation sites excluding steroid dienone is 3. The van der Waals surface area contributed by atoms with Gasteiger partial charge in [-0.2, -0.15) is 0 Å². The predicted molar refractivity (Wildman–Crippen MR) is 72.8 cm³/mol. The second-order valence-electron chi connectivity index (χ2n) is 4.76. The molecule has 0 saturated heterocycles. The first kappa shape index (κ1) is 16.3. The van der Waals surface area contributed by atoms with Gasteiger partial charge < -0.3 is 9.84 Å². The van der Waals surface area contributed by atoms with Crippen LogP contribution in [-0.2, 0) is 19.1 Å². The molecule has 0 aromatic rings. The lowest BCUT2D eigenvalue weighted by Gasteiger charge is -2.15. The summed E-state index contributed by atoms with van der Waals surface area (Å²) in [5.74, 6) is -0.863. The number of aldehydes is 1. The van der Waals surface area contributed by atoms with Crippen LogP contribution >= 0.6 is 0 Å². The molecule has 5 heteroatoms. The van der Waals surface area contributed by atoms with Crippen LogP contribution in [0.4, 0.5) is 0 Å². The molecular formula is C15H20O5. The standard InChI is InChI=1S/C15H20O5/c1-20-15(19)8-4-2-3-6-11-12(7-5-9-16)14(18)10-13(11)17/h2-3,5,7,9,11-12,14,18H,4,6,8,10H2,1H3/b3-2+,7-5+. The molecule has 110 valence electrons. The number of rotatable bonds is 7. The van der Waals surface area contributed by atoms with Crippen molar-refractivity contribution in [3.63, 3.8) is 0 Å². The predicted octanol–water partition coefficient (Wildman–Crippen LogP) is 1.21. The average Bonchev–Trinajstić information content (AvgIpc) is 2.70. The van der Waals surface area contributed by atoms with Gasteiger partial charge in [0.15, 0.2) is 0 Å². The zero-order valence-electron chi connectivity index (χ0n) is 11.5. The van der Waals surface area contributed by atoms with E-state index in [1.807, 2.05) is 12.2 Å². The van der Waals surface area contributed by atoms with Gasteiger partial charge in [0.05, 0.1) is 13.2 Å². The fourth-order valence-corrected chi connectivity index (χ4v) is 2.36. The first-order valence-electron chi connectivity index (χ1n) is 6.64. The van der Waals surface area contributed by atoms with Crippen LogP contribution in [0.2, 0.25) is 0 Å². The number of ether oxygens (including phenoxy) is 1. The molecular weight excluding hydrogens is 260 g/mol. The fraction of sp³-hybridized carbons (Fsp3) is 0.533. The Morgan fingerprint density at radius 2 is 2.20 bits per heavy atom. The summed E-state index contributed by atoms with van der Waals surface area (Å²) in [5.41, 5.74) is 0. The SMILES string of the molecule is COC(=O)CC/C=C/CC1C(=O)CC(O)C1/C=C/C=O. The molecule has 1 rings (SSSR count). The first-order chi connectivity index (χ1) is 9.60. The molecule has 0 aliphatic heterocycles. The Kier molecular flexibility index (Phi) is 6.87. The van der Waals surface area contributed by atoms with Crippen LogP contribution in [0.15, 0.2) is 24.3 Å². The van der Waals surface area contributed by atoms with Crippen LogP contribution in [0.5, 0.6) is 0 Å². The lowest BCUT2D eigenvalue weighted by Crippen LogP contribution is -2.18. The maximum absolute atomic E-state index is 11.8. The van der Waals surface area contributed by atoms with Gasteiger partial charge in [-0.3, -0.25) is 14.4 Å². The van der Waals surface area contributed by atoms with E-state index in [1.165, 1.54) is 13.2 Å². The Morgan fingerprint density at radius 1 is 1.45 bits per heavy atom. The molecule has 3 atom stereocenters. The van der Waals surface area contributed by atoms with E-state index >= 15 is 0 Å². The van der Waals surface area contributed by atoms with Crippen LogP contribution < -0.4 is 0 Å². The van der Waals surface area contributed by atoms with E-state index in [1.54, 1.807) is 6.08 Å². The van der Waals surface area contributed by atoms with Crippen LogP contribution in [0, 0.1) is 11.8 Å². The largest absolute Gasteiger partial charge is 0.469 e. The molecule has 3 unspecified atom stereocenters. The topological polar surface area (TPSA) is 80.7 Å². The number of methoxy groups -OCH3 is 1. The number of carbonyl (C=O) groups is 3. The third-order valence-electron chi connectivity index (χ3n) is 3.44. The molecule has 1 aliphatic carbocycles. The summed E-state index contributed by atoms with van der Waals surface area (Å²) in [6.45, 7) is 0. The highest BCUT2D eigenvalue weighted by Gasteiger charge is 2.38. The number of carbonyl (C=O) groups excluding carboxylic acids is 3. The van der Waals surface area contributed by atoms with Gasteiger partial charge in [-0.05, 0) is 18.9 Å². The van der Waals surface area contributed by atoms with Crippen molar-refractivity contribution in [1.82, 2.24) is 0 Å². The van der Waals surface area contributed by atoms with Crippen LogP contribution in [-0.4, -0.2) is 36.4 Å². The number of hydrogen-bond donors (Lipinski definition) is 1. The van der Waals surface area contributed by atoms with Gasteiger partial charge in [-0.25, -0.2) is 0 Å². The maximum Gasteiger partial charge on any atom is 0.305 e. The van der Waals surface area contributed by atoms with Crippen LogP contribution in [0.1, 0.15) is 25.7 Å². The highest BCUT2D eigenvalue weighted by Crippen LogP contribution is 2.33. The lowest BCUT2D eigenvalue weighted by molar-refractivity contribution is -0.140. The molecule has 1 saturated carbocycles. The van der Waals surface area contributed by atoms with Crippen LogP contribution in [0.25, 0.3) is 0 Å². The Bertz CT molecular complexity index is 410. The summed E-state index contributed by atoms with van der Waals surface area (Å²) in [6, 6.07) is 0. The van der Waals surface area contributed by atoms with Crippen molar-refractivity contribution in [1.29, 1.82) is 0 Å². The molecule has 0 heterocycles. The monoisotopic (exact) mass is 280 g/mol. The van der Waals surface area contributed by atoms with Crippen molar-refractivity contribution < 1.29 is 24.2 Å². The summed E-state index contributed by atoms with van der Waals surface area (Å²) >= 11 is 0. The normalized spacial score (nSPS) is 26.5. The lowest BCUT2D eigenvalue weighted by atomic mass is 9.90. The van der Waals surface area contributed by atoms with E-state index in [2.05, 4.69) is 4.74 Å². The van der Waals surface area contributed by atoms with E-state index in [-0.39, 0.29) is 30.0 Å². The van der Waals surface area contributed by atoms with E-state index in [4.69, 9.17) is 0 Å². The highest BCUT2D eigenvalue weighted by molar-refractivity contribution is 5.85. The first-order valence-corrected chi connectivity index (χ1v) is 6.64. The van der Waals surface area contributed by atoms with Gasteiger partial charge in [0.1, 0.15) is 12.1 Å². The van der Waals surface area contributed by atoms with E-state index < -0.39 is 6.10 Å². The minimum absolute atomic E-state index is 0.00988. The zero-order chi connectivity index (χ0) is 15.0. The third-order valence-corrected chi connectivity index (χ3v) is 3.44. The summed E-state index contributed by atoms with van der Waals surface area (Å²) in [6.07, 6.45) is 8.01. The maximum atomic E-state index is 11.8. The van der Waals surface area contributed by atoms with Crippen molar-refractivity contribution in [2.45, 2.75) is 31.8 Å². The van der Waals surface area contributed by atoms with Crippen LogP contribution in [0.3, 0.4) is 0 Å². The van der Waals surface area contributed by atoms with Crippen molar-refractivity contribution in [2.24, 2.45) is 11.8 Å². The third kappa shape index (κ3) is 4.74. The summed E-state index contributed by atoms with van der Waals surface area (Å²) in [5, 5.41) is 9.79.